The standard InChI is InChI=1S/C12H20FNOS/c1-10(2,3)16(15)14-9-11-4-6-12(13,8-11)7-5-11/h9H,4-8H2,1-3H3/t11?,12?,16-/m1/s1. The number of fused-ring (bicyclic) bond motifs is 2. The van der Waals surface area contributed by atoms with Crippen LogP contribution < -0.4 is 0 Å². The monoisotopic (exact) mass is 245 g/mol. The Bertz CT molecular complexity index is 303. The summed E-state index contributed by atoms with van der Waals surface area (Å²) in [5.74, 6) is 0. The van der Waals surface area contributed by atoms with Gasteiger partial charge in [0.1, 0.15) is 21.8 Å². The van der Waals surface area contributed by atoms with Gasteiger partial charge in [0.05, 0.1) is 6.21 Å². The van der Waals surface area contributed by atoms with Gasteiger partial charge in [-0.15, -0.1) is 0 Å². The lowest BCUT2D eigenvalue weighted by Gasteiger charge is -2.22. The Hall–Kier alpha value is -0.0900. The normalized spacial score (nSPS) is 40.8. The van der Waals surface area contributed by atoms with E-state index in [-0.39, 0.29) is 10.2 Å². The fraction of sp³-hybridized carbons (Fsp3) is 0.917. The number of hydrogen-bond donors (Lipinski definition) is 0. The molecule has 2 rings (SSSR count). The molecule has 0 amide bonds. The van der Waals surface area contributed by atoms with E-state index in [0.29, 0.717) is 19.3 Å². The maximum Gasteiger partial charge on any atom is 0.144 e. The van der Waals surface area contributed by atoms with Gasteiger partial charge in [-0.3, -0.25) is 0 Å². The molecule has 1 atom stereocenters. The van der Waals surface area contributed by atoms with E-state index in [9.17, 15) is 8.94 Å². The molecule has 2 nitrogen and oxygen atoms in total. The summed E-state index contributed by atoms with van der Waals surface area (Å²) in [5.41, 5.74) is -1.04. The quantitative estimate of drug-likeness (QED) is 0.543. The lowest BCUT2D eigenvalue weighted by molar-refractivity contribution is 0.176. The molecule has 0 aliphatic heterocycles. The maximum absolute atomic E-state index is 13.9. The van der Waals surface area contributed by atoms with Crippen LogP contribution in [0.3, 0.4) is 0 Å². The van der Waals surface area contributed by atoms with Crippen molar-refractivity contribution in [2.75, 3.05) is 0 Å². The van der Waals surface area contributed by atoms with Crippen LogP contribution in [0, 0.1) is 5.41 Å². The molecule has 2 aliphatic carbocycles. The topological polar surface area (TPSA) is 35.4 Å². The van der Waals surface area contributed by atoms with Gasteiger partial charge in [0, 0.05) is 5.41 Å². The van der Waals surface area contributed by atoms with E-state index < -0.39 is 17.0 Å². The molecule has 0 aromatic carbocycles. The van der Waals surface area contributed by atoms with Crippen LogP contribution in [0.1, 0.15) is 52.9 Å². The molecule has 0 aromatic heterocycles. The molecular formula is C12H20FNOS. The van der Waals surface area contributed by atoms with Gasteiger partial charge in [-0.2, -0.15) is 0 Å². The lowest BCUT2D eigenvalue weighted by Crippen LogP contribution is -2.27. The zero-order valence-corrected chi connectivity index (χ0v) is 11.1. The molecule has 2 fully saturated rings. The van der Waals surface area contributed by atoms with Crippen LogP contribution >= 0.6 is 0 Å². The van der Waals surface area contributed by atoms with Crippen LogP contribution in [0.25, 0.3) is 0 Å². The average Bonchev–Trinajstić information content (AvgIpc) is 2.67. The van der Waals surface area contributed by atoms with Crippen molar-refractivity contribution in [3.63, 3.8) is 0 Å². The van der Waals surface area contributed by atoms with Crippen LogP contribution in [-0.2, 0) is 11.4 Å². The van der Waals surface area contributed by atoms with E-state index in [4.69, 9.17) is 0 Å². The molecular weight excluding hydrogens is 225 g/mol. The summed E-state index contributed by atoms with van der Waals surface area (Å²) in [6.07, 6.45) is 5.43. The summed E-state index contributed by atoms with van der Waals surface area (Å²) in [5, 5.41) is 0. The molecule has 2 bridgehead atoms. The first-order valence-corrected chi connectivity index (χ1v) is 7.02. The largest absolute Gasteiger partial charge is 0.591 e. The molecule has 16 heavy (non-hydrogen) atoms. The van der Waals surface area contributed by atoms with Crippen LogP contribution in [-0.4, -0.2) is 21.2 Å². The summed E-state index contributed by atoms with van der Waals surface area (Å²) in [6, 6.07) is 0. The Morgan fingerprint density at radius 3 is 2.19 bits per heavy atom. The predicted octanol–water partition coefficient (Wildman–Crippen LogP) is 3.19. The summed E-state index contributed by atoms with van der Waals surface area (Å²) < 4.78 is 29.6. The Morgan fingerprint density at radius 1 is 1.25 bits per heavy atom. The zero-order chi connectivity index (χ0) is 12.0. The maximum atomic E-state index is 13.9. The highest BCUT2D eigenvalue weighted by atomic mass is 32.2. The van der Waals surface area contributed by atoms with Crippen molar-refractivity contribution >= 4 is 17.6 Å². The van der Waals surface area contributed by atoms with Crippen LogP contribution in [0.2, 0.25) is 0 Å². The Balaban J connectivity index is 2.03. The molecule has 0 heterocycles. The van der Waals surface area contributed by atoms with Gasteiger partial charge in [0.2, 0.25) is 0 Å². The van der Waals surface area contributed by atoms with E-state index in [1.54, 1.807) is 6.21 Å². The zero-order valence-electron chi connectivity index (χ0n) is 10.3. The Labute approximate surface area is 100 Å². The highest BCUT2D eigenvalue weighted by Gasteiger charge is 2.54. The number of rotatable bonds is 2. The molecule has 2 aliphatic rings. The molecule has 0 spiro atoms. The third-order valence-electron chi connectivity index (χ3n) is 3.76. The molecule has 0 saturated heterocycles. The van der Waals surface area contributed by atoms with Crippen LogP contribution in [0.4, 0.5) is 4.39 Å². The fourth-order valence-corrected chi connectivity index (χ4v) is 3.31. The van der Waals surface area contributed by atoms with Gasteiger partial charge in [0.25, 0.3) is 0 Å². The first kappa shape index (κ1) is 12.4. The summed E-state index contributed by atoms with van der Waals surface area (Å²) in [6.45, 7) is 5.71. The van der Waals surface area contributed by atoms with Gasteiger partial charge in [-0.1, -0.05) is 4.40 Å². The molecule has 4 heteroatoms. The van der Waals surface area contributed by atoms with Crippen molar-refractivity contribution in [2.45, 2.75) is 63.3 Å². The second-order valence-electron chi connectivity index (χ2n) is 6.29. The molecule has 0 unspecified atom stereocenters. The Morgan fingerprint density at radius 2 is 1.81 bits per heavy atom. The first-order chi connectivity index (χ1) is 7.25. The van der Waals surface area contributed by atoms with Crippen molar-refractivity contribution in [1.82, 2.24) is 0 Å². The van der Waals surface area contributed by atoms with Crippen LogP contribution in [0.5, 0.6) is 0 Å². The minimum atomic E-state index is -1.21. The summed E-state index contributed by atoms with van der Waals surface area (Å²) in [7, 11) is 0. The second kappa shape index (κ2) is 3.70. The molecule has 0 N–H and O–H groups in total. The lowest BCUT2D eigenvalue weighted by atomic mass is 9.86. The van der Waals surface area contributed by atoms with Gasteiger partial charge in [-0.05, 0) is 52.9 Å². The fourth-order valence-electron chi connectivity index (χ4n) is 2.67. The SMILES string of the molecule is CC(C)(C)[S@@+]([O-])N=CC12CCC(F)(CC1)C2. The van der Waals surface area contributed by atoms with E-state index in [1.807, 2.05) is 20.8 Å². The van der Waals surface area contributed by atoms with E-state index in [2.05, 4.69) is 4.40 Å². The minimum absolute atomic E-state index is 0.0876. The summed E-state index contributed by atoms with van der Waals surface area (Å²) in [4.78, 5) is 0. The molecule has 0 radical (unpaired) electrons. The average molecular weight is 245 g/mol. The van der Waals surface area contributed by atoms with E-state index >= 15 is 0 Å². The second-order valence-corrected chi connectivity index (χ2v) is 8.22. The third-order valence-corrected chi connectivity index (χ3v) is 5.10. The van der Waals surface area contributed by atoms with Gasteiger partial charge in [0.15, 0.2) is 0 Å². The highest BCUT2D eigenvalue weighted by Crippen LogP contribution is 2.57. The van der Waals surface area contributed by atoms with E-state index in [0.717, 1.165) is 12.8 Å². The molecule has 92 valence electrons. The van der Waals surface area contributed by atoms with E-state index in [1.165, 1.54) is 0 Å². The number of halogens is 1. The van der Waals surface area contributed by atoms with Crippen molar-refractivity contribution in [3.05, 3.63) is 0 Å². The van der Waals surface area contributed by atoms with Crippen LogP contribution in [0.15, 0.2) is 4.40 Å². The third kappa shape index (κ3) is 2.28. The number of alkyl halides is 1. The number of nitrogens with zero attached hydrogens (tertiary/aromatic N) is 1. The highest BCUT2D eigenvalue weighted by molar-refractivity contribution is 7.91. The molecule has 2 saturated carbocycles. The van der Waals surface area contributed by atoms with Gasteiger partial charge in [-0.25, -0.2) is 4.39 Å². The minimum Gasteiger partial charge on any atom is -0.591 e. The van der Waals surface area contributed by atoms with Crippen molar-refractivity contribution < 1.29 is 8.94 Å². The first-order valence-electron chi connectivity index (χ1n) is 5.91. The predicted molar refractivity (Wildman–Crippen MR) is 65.7 cm³/mol. The van der Waals surface area contributed by atoms with Crippen molar-refractivity contribution in [3.8, 4) is 0 Å². The smallest absolute Gasteiger partial charge is 0.144 e. The van der Waals surface area contributed by atoms with Gasteiger partial charge < -0.3 is 4.55 Å². The summed E-state index contributed by atoms with van der Waals surface area (Å²) >= 11 is -1.21. The Kier molecular flexibility index (Phi) is 2.86. The van der Waals surface area contributed by atoms with Crippen molar-refractivity contribution in [2.24, 2.45) is 9.81 Å². The number of hydrogen-bond acceptors (Lipinski definition) is 2. The van der Waals surface area contributed by atoms with Crippen molar-refractivity contribution in [1.29, 1.82) is 0 Å². The van der Waals surface area contributed by atoms with Gasteiger partial charge >= 0.3 is 0 Å². The molecule has 0 aromatic rings.